The summed E-state index contributed by atoms with van der Waals surface area (Å²) >= 11 is 0. The van der Waals surface area contributed by atoms with Crippen LogP contribution in [0.15, 0.2) is 79.1 Å². The van der Waals surface area contributed by atoms with Crippen LogP contribution in [0.2, 0.25) is 0 Å². The Balaban J connectivity index is 1.56. The number of nitrogens with zero attached hydrogens (tertiary/aromatic N) is 1. The summed E-state index contributed by atoms with van der Waals surface area (Å²) in [6.07, 6.45) is 4.09. The van der Waals surface area contributed by atoms with Crippen molar-refractivity contribution in [2.24, 2.45) is 0 Å². The molecule has 0 amide bonds. The highest BCUT2D eigenvalue weighted by atomic mass is 16.5. The minimum atomic E-state index is 0.640. The van der Waals surface area contributed by atoms with E-state index in [-0.39, 0.29) is 0 Å². The maximum atomic E-state index is 5.73. The van der Waals surface area contributed by atoms with Crippen LogP contribution in [0.25, 0.3) is 5.69 Å². The van der Waals surface area contributed by atoms with Crippen molar-refractivity contribution in [3.8, 4) is 5.69 Å². The first kappa shape index (κ1) is 12.7. The van der Waals surface area contributed by atoms with Gasteiger partial charge in [-0.25, -0.2) is 0 Å². The molecule has 0 aliphatic heterocycles. The second-order valence-corrected chi connectivity index (χ2v) is 4.74. The second kappa shape index (κ2) is 6.22. The standard InChI is InChI=1S/C18H17NO/c1-2-6-16(7-3-1)14-20-15-17-8-10-18(11-9-17)19-12-4-5-13-19/h1-13H,14-15H2. The first-order valence-corrected chi connectivity index (χ1v) is 6.76. The predicted molar refractivity (Wildman–Crippen MR) is 80.7 cm³/mol. The maximum Gasteiger partial charge on any atom is 0.0721 e. The number of benzene rings is 2. The molecule has 1 aromatic heterocycles. The van der Waals surface area contributed by atoms with E-state index in [0.29, 0.717) is 13.2 Å². The zero-order chi connectivity index (χ0) is 13.6. The molecule has 3 rings (SSSR count). The molecule has 0 radical (unpaired) electrons. The zero-order valence-corrected chi connectivity index (χ0v) is 11.3. The van der Waals surface area contributed by atoms with Gasteiger partial charge in [0.25, 0.3) is 0 Å². The highest BCUT2D eigenvalue weighted by Gasteiger charge is 1.97. The molecule has 2 nitrogen and oxygen atoms in total. The summed E-state index contributed by atoms with van der Waals surface area (Å²) in [5.41, 5.74) is 3.56. The van der Waals surface area contributed by atoms with E-state index in [1.165, 1.54) is 16.8 Å². The van der Waals surface area contributed by atoms with Gasteiger partial charge in [-0.1, -0.05) is 42.5 Å². The van der Waals surface area contributed by atoms with E-state index in [4.69, 9.17) is 4.74 Å². The van der Waals surface area contributed by atoms with Crippen molar-refractivity contribution in [3.63, 3.8) is 0 Å². The van der Waals surface area contributed by atoms with Crippen LogP contribution in [0, 0.1) is 0 Å². The molecular formula is C18H17NO. The lowest BCUT2D eigenvalue weighted by Crippen LogP contribution is -1.95. The van der Waals surface area contributed by atoms with E-state index < -0.39 is 0 Å². The fourth-order valence-corrected chi connectivity index (χ4v) is 2.13. The first-order chi connectivity index (χ1) is 9.92. The van der Waals surface area contributed by atoms with Crippen LogP contribution in [0.4, 0.5) is 0 Å². The van der Waals surface area contributed by atoms with Crippen molar-refractivity contribution in [1.82, 2.24) is 4.57 Å². The van der Waals surface area contributed by atoms with Crippen molar-refractivity contribution in [1.29, 1.82) is 0 Å². The van der Waals surface area contributed by atoms with Gasteiger partial charge in [-0.2, -0.15) is 0 Å². The molecule has 0 N–H and O–H groups in total. The van der Waals surface area contributed by atoms with E-state index in [2.05, 4.69) is 41.0 Å². The molecule has 0 bridgehead atoms. The second-order valence-electron chi connectivity index (χ2n) is 4.74. The van der Waals surface area contributed by atoms with Gasteiger partial charge in [0.1, 0.15) is 0 Å². The lowest BCUT2D eigenvalue weighted by molar-refractivity contribution is 0.107. The van der Waals surface area contributed by atoms with E-state index in [1.54, 1.807) is 0 Å². The fourth-order valence-electron chi connectivity index (χ4n) is 2.13. The third-order valence-electron chi connectivity index (χ3n) is 3.22. The molecule has 0 fully saturated rings. The van der Waals surface area contributed by atoms with Crippen LogP contribution in [-0.2, 0) is 18.0 Å². The summed E-state index contributed by atoms with van der Waals surface area (Å²) in [5.74, 6) is 0. The quantitative estimate of drug-likeness (QED) is 0.673. The van der Waals surface area contributed by atoms with Gasteiger partial charge in [0.15, 0.2) is 0 Å². The normalized spacial score (nSPS) is 10.6. The monoisotopic (exact) mass is 263 g/mol. The van der Waals surface area contributed by atoms with Gasteiger partial charge in [-0.15, -0.1) is 0 Å². The average molecular weight is 263 g/mol. The van der Waals surface area contributed by atoms with E-state index in [0.717, 1.165) is 0 Å². The van der Waals surface area contributed by atoms with Gasteiger partial charge >= 0.3 is 0 Å². The largest absolute Gasteiger partial charge is 0.372 e. The first-order valence-electron chi connectivity index (χ1n) is 6.76. The van der Waals surface area contributed by atoms with Crippen LogP contribution < -0.4 is 0 Å². The highest BCUT2D eigenvalue weighted by Crippen LogP contribution is 2.11. The maximum absolute atomic E-state index is 5.73. The van der Waals surface area contributed by atoms with Crippen molar-refractivity contribution in [2.75, 3.05) is 0 Å². The van der Waals surface area contributed by atoms with Gasteiger partial charge in [-0.05, 0) is 35.4 Å². The average Bonchev–Trinajstić information content (AvgIpc) is 3.03. The van der Waals surface area contributed by atoms with Crippen LogP contribution >= 0.6 is 0 Å². The third kappa shape index (κ3) is 3.16. The number of ether oxygens (including phenoxy) is 1. The number of aromatic nitrogens is 1. The topological polar surface area (TPSA) is 14.2 Å². The Hall–Kier alpha value is -2.32. The Kier molecular flexibility index (Phi) is 3.95. The Morgan fingerprint density at radius 2 is 1.25 bits per heavy atom. The lowest BCUT2D eigenvalue weighted by Gasteiger charge is -2.07. The summed E-state index contributed by atoms with van der Waals surface area (Å²) in [4.78, 5) is 0. The predicted octanol–water partition coefficient (Wildman–Crippen LogP) is 4.19. The molecule has 2 heteroatoms. The number of hydrogen-bond acceptors (Lipinski definition) is 1. The van der Waals surface area contributed by atoms with E-state index in [9.17, 15) is 0 Å². The molecule has 20 heavy (non-hydrogen) atoms. The summed E-state index contributed by atoms with van der Waals surface area (Å²) < 4.78 is 7.82. The van der Waals surface area contributed by atoms with Crippen molar-refractivity contribution in [2.45, 2.75) is 13.2 Å². The summed E-state index contributed by atoms with van der Waals surface area (Å²) in [6, 6.07) is 22.7. The van der Waals surface area contributed by atoms with E-state index in [1.807, 2.05) is 42.7 Å². The van der Waals surface area contributed by atoms with Crippen molar-refractivity contribution >= 4 is 0 Å². The molecule has 0 atom stereocenters. The van der Waals surface area contributed by atoms with Crippen LogP contribution in [0.3, 0.4) is 0 Å². The van der Waals surface area contributed by atoms with Crippen molar-refractivity contribution < 1.29 is 4.74 Å². The van der Waals surface area contributed by atoms with Crippen LogP contribution in [-0.4, -0.2) is 4.57 Å². The van der Waals surface area contributed by atoms with Crippen LogP contribution in [0.5, 0.6) is 0 Å². The minimum absolute atomic E-state index is 0.640. The molecule has 0 saturated heterocycles. The zero-order valence-electron chi connectivity index (χ0n) is 11.3. The van der Waals surface area contributed by atoms with Gasteiger partial charge in [0.05, 0.1) is 13.2 Å². The van der Waals surface area contributed by atoms with Crippen LogP contribution in [0.1, 0.15) is 11.1 Å². The fraction of sp³-hybridized carbons (Fsp3) is 0.111. The summed E-state index contributed by atoms with van der Waals surface area (Å²) in [5, 5.41) is 0. The minimum Gasteiger partial charge on any atom is -0.372 e. The molecule has 0 unspecified atom stereocenters. The third-order valence-corrected chi connectivity index (χ3v) is 3.22. The molecule has 0 saturated carbocycles. The Morgan fingerprint density at radius 1 is 0.650 bits per heavy atom. The Bertz CT molecular complexity index is 627. The Labute approximate surface area is 119 Å². The molecule has 2 aromatic carbocycles. The molecule has 0 aliphatic rings. The van der Waals surface area contributed by atoms with Crippen molar-refractivity contribution in [3.05, 3.63) is 90.3 Å². The SMILES string of the molecule is c1ccc(COCc2ccc(-n3cccc3)cc2)cc1. The Morgan fingerprint density at radius 3 is 1.90 bits per heavy atom. The molecule has 100 valence electrons. The molecule has 1 heterocycles. The van der Waals surface area contributed by atoms with E-state index >= 15 is 0 Å². The highest BCUT2D eigenvalue weighted by molar-refractivity contribution is 5.35. The number of rotatable bonds is 5. The van der Waals surface area contributed by atoms with Gasteiger partial charge in [-0.3, -0.25) is 0 Å². The smallest absolute Gasteiger partial charge is 0.0721 e. The van der Waals surface area contributed by atoms with Gasteiger partial charge < -0.3 is 9.30 Å². The molecule has 0 spiro atoms. The molecule has 0 aliphatic carbocycles. The van der Waals surface area contributed by atoms with Gasteiger partial charge in [0.2, 0.25) is 0 Å². The molecule has 3 aromatic rings. The lowest BCUT2D eigenvalue weighted by atomic mass is 10.2. The summed E-state index contributed by atoms with van der Waals surface area (Å²) in [7, 11) is 0. The summed E-state index contributed by atoms with van der Waals surface area (Å²) in [6.45, 7) is 1.29. The van der Waals surface area contributed by atoms with Gasteiger partial charge in [0, 0.05) is 18.1 Å². The number of hydrogen-bond donors (Lipinski definition) is 0. The molecular weight excluding hydrogens is 246 g/mol.